The molecule has 0 saturated heterocycles. The molecule has 11 heteroatoms. The Morgan fingerprint density at radius 1 is 1.21 bits per heavy atom. The average Bonchev–Trinajstić information content (AvgIpc) is 2.64. The van der Waals surface area contributed by atoms with Crippen LogP contribution in [0.15, 0.2) is 46.8 Å². The molecule has 1 atom stereocenters. The number of nitrogens with one attached hydrogen (secondary N) is 1. The predicted molar refractivity (Wildman–Crippen MR) is 94.4 cm³/mol. The van der Waals surface area contributed by atoms with Crippen molar-refractivity contribution in [2.75, 3.05) is 18.9 Å². The van der Waals surface area contributed by atoms with Gasteiger partial charge in [-0.05, 0) is 31.5 Å². The molecule has 0 spiro atoms. The zero-order valence-corrected chi connectivity index (χ0v) is 15.7. The van der Waals surface area contributed by atoms with E-state index in [-0.39, 0.29) is 28.1 Å². The molecular weight excluding hydrogens is 397 g/mol. The Hall–Kier alpha value is -3.05. The minimum absolute atomic E-state index is 0.0513. The molecule has 2 rings (SSSR count). The van der Waals surface area contributed by atoms with Crippen molar-refractivity contribution in [2.24, 2.45) is 0 Å². The lowest BCUT2D eigenvalue weighted by Crippen LogP contribution is -2.33. The summed E-state index contributed by atoms with van der Waals surface area (Å²) < 4.78 is 46.6. The molecule has 0 aromatic heterocycles. The number of anilines is 1. The van der Waals surface area contributed by atoms with Crippen molar-refractivity contribution in [2.45, 2.75) is 25.9 Å². The second kappa shape index (κ2) is 8.53. The van der Waals surface area contributed by atoms with Gasteiger partial charge in [-0.2, -0.15) is 13.2 Å². The highest BCUT2D eigenvalue weighted by molar-refractivity contribution is 5.99. The summed E-state index contributed by atoms with van der Waals surface area (Å²) in [5.74, 6) is -3.31. The van der Waals surface area contributed by atoms with E-state index in [4.69, 9.17) is 9.94 Å². The number of hydrogen-bond acceptors (Lipinski definition) is 8. The minimum Gasteiger partial charge on any atom is -0.733 e. The largest absolute Gasteiger partial charge is 0.733 e. The number of nitrogens with zero attached hydrogens (tertiary/aromatic N) is 1. The summed E-state index contributed by atoms with van der Waals surface area (Å²) in [5.41, 5.74) is 0.152. The first-order valence-electron chi connectivity index (χ1n) is 8.23. The lowest BCUT2D eigenvalue weighted by molar-refractivity contribution is -0.183. The number of rotatable bonds is 5. The topological polar surface area (TPSA) is 111 Å². The third-order valence-electron chi connectivity index (χ3n) is 4.18. The molecule has 2 N–H and O–H groups in total. The van der Waals surface area contributed by atoms with Gasteiger partial charge in [0.2, 0.25) is 0 Å². The molecule has 8 nitrogen and oxygen atoms in total. The molecule has 0 radical (unpaired) electrons. The lowest BCUT2D eigenvalue weighted by atomic mass is 9.80. The van der Waals surface area contributed by atoms with Crippen molar-refractivity contribution < 1.29 is 37.4 Å². The molecule has 1 aromatic carbocycles. The smallest absolute Gasteiger partial charge is 0.422 e. The first-order valence-corrected chi connectivity index (χ1v) is 8.23. The normalized spacial score (nSPS) is 17.0. The fourth-order valence-corrected chi connectivity index (χ4v) is 3.03. The third kappa shape index (κ3) is 5.06. The van der Waals surface area contributed by atoms with Gasteiger partial charge in [0.1, 0.15) is 0 Å². The fraction of sp³-hybridized carbons (Fsp3) is 0.333. The van der Waals surface area contributed by atoms with Gasteiger partial charge in [0.15, 0.2) is 6.61 Å². The fourth-order valence-electron chi connectivity index (χ4n) is 3.03. The molecule has 0 amide bonds. The van der Waals surface area contributed by atoms with Crippen molar-refractivity contribution in [3.8, 4) is 0 Å². The Morgan fingerprint density at radius 2 is 1.79 bits per heavy atom. The highest BCUT2D eigenvalue weighted by atomic mass is 19.4. The molecule has 0 unspecified atom stereocenters. The Kier molecular flexibility index (Phi) is 6.55. The van der Waals surface area contributed by atoms with E-state index in [1.807, 2.05) is 0 Å². The highest BCUT2D eigenvalue weighted by Gasteiger charge is 2.39. The summed E-state index contributed by atoms with van der Waals surface area (Å²) >= 11 is 0. The van der Waals surface area contributed by atoms with E-state index in [0.29, 0.717) is 5.70 Å². The van der Waals surface area contributed by atoms with Crippen molar-refractivity contribution in [1.29, 1.82) is 0 Å². The van der Waals surface area contributed by atoms with Crippen molar-refractivity contribution in [3.05, 3.63) is 57.6 Å². The van der Waals surface area contributed by atoms with Crippen LogP contribution in [0.4, 0.5) is 18.9 Å². The van der Waals surface area contributed by atoms with Crippen molar-refractivity contribution >= 4 is 17.6 Å². The maximum Gasteiger partial charge on any atom is 0.422 e. The lowest BCUT2D eigenvalue weighted by Gasteiger charge is -2.31. The van der Waals surface area contributed by atoms with Crippen molar-refractivity contribution in [3.63, 3.8) is 0 Å². The second-order valence-electron chi connectivity index (χ2n) is 6.19. The summed E-state index contributed by atoms with van der Waals surface area (Å²) in [6, 6.07) is 5.29. The zero-order valence-electron chi connectivity index (χ0n) is 15.7. The number of esters is 2. The molecule has 29 heavy (non-hydrogen) atoms. The summed E-state index contributed by atoms with van der Waals surface area (Å²) in [6.45, 7) is 1.15. The Labute approximate surface area is 163 Å². The van der Waals surface area contributed by atoms with Gasteiger partial charge >= 0.3 is 18.1 Å². The van der Waals surface area contributed by atoms with E-state index in [0.717, 1.165) is 7.11 Å². The summed E-state index contributed by atoms with van der Waals surface area (Å²) in [4.78, 5) is 24.9. The number of hydrogen-bond donors (Lipinski definition) is 2. The monoisotopic (exact) mass is 415 g/mol. The molecule has 0 bridgehead atoms. The Bertz CT molecular complexity index is 877. The first kappa shape index (κ1) is 22.2. The van der Waals surface area contributed by atoms with Crippen molar-refractivity contribution in [1.82, 2.24) is 5.32 Å². The van der Waals surface area contributed by atoms with Gasteiger partial charge in [0.25, 0.3) is 0 Å². The predicted octanol–water partition coefficient (Wildman–Crippen LogP) is 2.89. The Morgan fingerprint density at radius 3 is 2.31 bits per heavy atom. The summed E-state index contributed by atoms with van der Waals surface area (Å²) in [6.07, 6.45) is -4.74. The van der Waals surface area contributed by atoms with Crippen LogP contribution in [0.2, 0.25) is 0 Å². The number of benzene rings is 1. The van der Waals surface area contributed by atoms with Gasteiger partial charge in [0.05, 0.1) is 29.9 Å². The van der Waals surface area contributed by atoms with Gasteiger partial charge in [-0.25, -0.2) is 9.59 Å². The molecule has 1 heterocycles. The number of ether oxygens (including phenoxy) is 2. The standard InChI is InChI=1S/C18H18F3N2O6/c1-9-13(16(24)28-3)15(11-5-4-6-12(7-11)23(26)27)14(10(2)22-9)17(25)29-8-18(19,20)21/h4-7,15,22,26H,8H2,1-3H3/q-1/t15-/m1/s1. The van der Waals surface area contributed by atoms with Crippen LogP contribution in [0.5, 0.6) is 0 Å². The Balaban J connectivity index is 2.60. The van der Waals surface area contributed by atoms with Gasteiger partial charge < -0.3 is 25.2 Å². The van der Waals surface area contributed by atoms with Crippen LogP contribution in [-0.2, 0) is 19.1 Å². The number of alkyl halides is 3. The second-order valence-corrected chi connectivity index (χ2v) is 6.19. The van der Waals surface area contributed by atoms with E-state index in [1.54, 1.807) is 0 Å². The molecule has 1 aromatic rings. The third-order valence-corrected chi connectivity index (χ3v) is 4.18. The number of halogens is 3. The van der Waals surface area contributed by atoms with Gasteiger partial charge in [-0.3, -0.25) is 5.21 Å². The highest BCUT2D eigenvalue weighted by Crippen LogP contribution is 2.40. The van der Waals surface area contributed by atoms with Crippen LogP contribution < -0.4 is 10.5 Å². The van der Waals surface area contributed by atoms with Crippen LogP contribution in [0.25, 0.3) is 0 Å². The number of carbonyl (C=O) groups is 2. The maximum atomic E-state index is 12.5. The molecular formula is C18H18F3N2O6-. The molecule has 0 aliphatic carbocycles. The number of dihydropyridines is 1. The maximum absolute atomic E-state index is 12.5. The van der Waals surface area contributed by atoms with E-state index in [9.17, 15) is 28.0 Å². The first-order chi connectivity index (χ1) is 13.5. The number of carbonyl (C=O) groups excluding carboxylic acids is 2. The number of allylic oxidation sites excluding steroid dienone is 2. The quantitative estimate of drug-likeness (QED) is 0.558. The van der Waals surface area contributed by atoms with Crippen LogP contribution in [0.3, 0.4) is 0 Å². The van der Waals surface area contributed by atoms with Crippen LogP contribution in [-0.4, -0.2) is 37.0 Å². The minimum atomic E-state index is -4.74. The average molecular weight is 415 g/mol. The molecule has 1 aliphatic rings. The van der Waals surface area contributed by atoms with Crippen LogP contribution >= 0.6 is 0 Å². The SMILES string of the molecule is COC(=O)C1=C(C)NC(C)=C(C(=O)OCC(F)(F)F)[C@@H]1c1cccc(N([O-])O)c1. The zero-order chi connectivity index (χ0) is 21.9. The van der Waals surface area contributed by atoms with Gasteiger partial charge in [0, 0.05) is 11.4 Å². The molecule has 158 valence electrons. The van der Waals surface area contributed by atoms with Gasteiger partial charge in [-0.15, -0.1) is 0 Å². The molecule has 0 fully saturated rings. The van der Waals surface area contributed by atoms with E-state index in [2.05, 4.69) is 10.1 Å². The molecule has 1 aliphatic heterocycles. The van der Waals surface area contributed by atoms with E-state index >= 15 is 0 Å². The van der Waals surface area contributed by atoms with E-state index in [1.165, 1.54) is 38.1 Å². The number of methoxy groups -OCH3 is 1. The molecule has 0 saturated carbocycles. The van der Waals surface area contributed by atoms with Gasteiger partial charge in [-0.1, -0.05) is 12.1 Å². The van der Waals surface area contributed by atoms with Crippen LogP contribution in [0.1, 0.15) is 25.3 Å². The van der Waals surface area contributed by atoms with E-state index < -0.39 is 35.9 Å². The summed E-state index contributed by atoms with van der Waals surface area (Å²) in [7, 11) is 1.11. The summed E-state index contributed by atoms with van der Waals surface area (Å²) in [5, 5.41) is 22.7. The van der Waals surface area contributed by atoms with Crippen LogP contribution in [0, 0.1) is 5.21 Å².